The van der Waals surface area contributed by atoms with Crippen LogP contribution in [0, 0.1) is 11.6 Å². The summed E-state index contributed by atoms with van der Waals surface area (Å²) in [5.41, 5.74) is 4.03. The van der Waals surface area contributed by atoms with Crippen molar-refractivity contribution in [1.29, 1.82) is 0 Å². The Morgan fingerprint density at radius 1 is 1.41 bits per heavy atom. The fraction of sp³-hybridized carbons (Fsp3) is 0.364. The summed E-state index contributed by atoms with van der Waals surface area (Å²) in [7, 11) is 0. The molecule has 1 aromatic rings. The highest BCUT2D eigenvalue weighted by molar-refractivity contribution is 5.77. The molecule has 0 aliphatic heterocycles. The van der Waals surface area contributed by atoms with Crippen molar-refractivity contribution in [3.05, 3.63) is 29.8 Å². The van der Waals surface area contributed by atoms with Crippen LogP contribution in [0.4, 0.5) is 8.78 Å². The molecule has 1 rings (SSSR count). The minimum atomic E-state index is -1.42. The fourth-order valence-corrected chi connectivity index (χ4v) is 1.10. The van der Waals surface area contributed by atoms with Crippen molar-refractivity contribution in [2.75, 3.05) is 6.61 Å². The number of halogens is 2. The molecule has 0 heterocycles. The molecule has 3 N–H and O–H groups in total. The van der Waals surface area contributed by atoms with Crippen LogP contribution < -0.4 is 10.5 Å². The third kappa shape index (κ3) is 3.99. The molecule has 0 bridgehead atoms. The van der Waals surface area contributed by atoms with Crippen molar-refractivity contribution in [3.63, 3.8) is 0 Å². The fourth-order valence-electron chi connectivity index (χ4n) is 1.10. The van der Waals surface area contributed by atoms with Gasteiger partial charge in [0.1, 0.15) is 22.9 Å². The molecule has 0 saturated carbocycles. The first-order chi connectivity index (χ1) is 7.81. The Balaban J connectivity index is 2.54. The number of hydrogen-bond donors (Lipinski definition) is 2. The molecular weight excluding hydrogens is 232 g/mol. The lowest BCUT2D eigenvalue weighted by Crippen LogP contribution is -2.45. The van der Waals surface area contributed by atoms with Gasteiger partial charge in [0.05, 0.1) is 6.61 Å². The molecule has 1 atom stereocenters. The number of rotatable bonds is 5. The van der Waals surface area contributed by atoms with Gasteiger partial charge in [0.15, 0.2) is 0 Å². The molecule has 0 aliphatic rings. The maximum absolute atomic E-state index is 12.8. The molecule has 0 radical (unpaired) electrons. The van der Waals surface area contributed by atoms with Gasteiger partial charge in [-0.15, -0.1) is 0 Å². The number of carboxylic acids is 1. The van der Waals surface area contributed by atoms with E-state index < -0.39 is 23.1 Å². The molecular formula is C11H13F2NO3. The average molecular weight is 245 g/mol. The van der Waals surface area contributed by atoms with Crippen LogP contribution in [0.5, 0.6) is 5.75 Å². The Hall–Kier alpha value is -1.69. The van der Waals surface area contributed by atoms with Gasteiger partial charge < -0.3 is 15.6 Å². The lowest BCUT2D eigenvalue weighted by molar-refractivity contribution is -0.143. The summed E-state index contributed by atoms with van der Waals surface area (Å²) < 4.78 is 30.6. The van der Waals surface area contributed by atoms with E-state index in [2.05, 4.69) is 0 Å². The number of hydrogen-bond acceptors (Lipinski definition) is 3. The largest absolute Gasteiger partial charge is 0.493 e. The van der Waals surface area contributed by atoms with Gasteiger partial charge in [-0.1, -0.05) is 0 Å². The molecule has 0 amide bonds. The van der Waals surface area contributed by atoms with E-state index in [1.165, 1.54) is 6.92 Å². The standard InChI is InChI=1S/C11H13F2NO3/c1-11(14,10(15)16)2-3-17-9-5-7(12)4-8(13)6-9/h4-6H,2-3,14H2,1H3,(H,15,16). The molecule has 0 saturated heterocycles. The summed E-state index contributed by atoms with van der Waals surface area (Å²) in [6.07, 6.45) is 0.0282. The first-order valence-electron chi connectivity index (χ1n) is 4.92. The third-order valence-electron chi connectivity index (χ3n) is 2.21. The smallest absolute Gasteiger partial charge is 0.323 e. The number of aliphatic carboxylic acids is 1. The summed E-state index contributed by atoms with van der Waals surface area (Å²) in [4.78, 5) is 10.7. The van der Waals surface area contributed by atoms with E-state index in [4.69, 9.17) is 15.6 Å². The molecule has 17 heavy (non-hydrogen) atoms. The predicted molar refractivity (Wildman–Crippen MR) is 56.7 cm³/mol. The second-order valence-electron chi connectivity index (χ2n) is 3.93. The van der Waals surface area contributed by atoms with Crippen molar-refractivity contribution in [3.8, 4) is 5.75 Å². The molecule has 94 valence electrons. The number of benzene rings is 1. The molecule has 0 aromatic heterocycles. The predicted octanol–water partition coefficient (Wildman–Crippen LogP) is 1.54. The zero-order chi connectivity index (χ0) is 13.1. The molecule has 1 aromatic carbocycles. The third-order valence-corrected chi connectivity index (χ3v) is 2.21. The molecule has 4 nitrogen and oxygen atoms in total. The van der Waals surface area contributed by atoms with E-state index in [0.29, 0.717) is 0 Å². The SMILES string of the molecule is CC(N)(CCOc1cc(F)cc(F)c1)C(=O)O. The zero-order valence-electron chi connectivity index (χ0n) is 9.24. The first kappa shape index (κ1) is 13.4. The van der Waals surface area contributed by atoms with Crippen molar-refractivity contribution in [1.82, 2.24) is 0 Å². The number of carbonyl (C=O) groups is 1. The van der Waals surface area contributed by atoms with Crippen LogP contribution in [0.25, 0.3) is 0 Å². The summed E-state index contributed by atoms with van der Waals surface area (Å²) >= 11 is 0. The molecule has 1 unspecified atom stereocenters. The van der Waals surface area contributed by atoms with Crippen molar-refractivity contribution in [2.45, 2.75) is 18.9 Å². The van der Waals surface area contributed by atoms with Crippen LogP contribution in [0.3, 0.4) is 0 Å². The van der Waals surface area contributed by atoms with Crippen LogP contribution in [-0.2, 0) is 4.79 Å². The first-order valence-corrected chi connectivity index (χ1v) is 4.92. The highest BCUT2D eigenvalue weighted by atomic mass is 19.1. The van der Waals surface area contributed by atoms with Crippen LogP contribution in [0.2, 0.25) is 0 Å². The summed E-state index contributed by atoms with van der Waals surface area (Å²) in [5.74, 6) is -2.67. The Morgan fingerprint density at radius 2 is 1.94 bits per heavy atom. The highest BCUT2D eigenvalue weighted by Gasteiger charge is 2.27. The minimum Gasteiger partial charge on any atom is -0.493 e. The van der Waals surface area contributed by atoms with E-state index in [-0.39, 0.29) is 18.8 Å². The quantitative estimate of drug-likeness (QED) is 0.825. The maximum Gasteiger partial charge on any atom is 0.323 e. The molecule has 0 spiro atoms. The van der Waals surface area contributed by atoms with Crippen molar-refractivity contribution in [2.24, 2.45) is 5.73 Å². The molecule has 0 fully saturated rings. The van der Waals surface area contributed by atoms with E-state index in [0.717, 1.165) is 18.2 Å². The zero-order valence-corrected chi connectivity index (χ0v) is 9.24. The summed E-state index contributed by atoms with van der Waals surface area (Å²) in [5, 5.41) is 8.73. The lowest BCUT2D eigenvalue weighted by atomic mass is 10.0. The average Bonchev–Trinajstić information content (AvgIpc) is 2.15. The van der Waals surface area contributed by atoms with Gasteiger partial charge >= 0.3 is 5.97 Å². The molecule has 6 heteroatoms. The Labute approximate surface area is 97.0 Å². The second-order valence-corrected chi connectivity index (χ2v) is 3.93. The summed E-state index contributed by atoms with van der Waals surface area (Å²) in [6, 6.07) is 2.74. The van der Waals surface area contributed by atoms with Gasteiger partial charge in [-0.3, -0.25) is 4.79 Å². The van der Waals surface area contributed by atoms with Gasteiger partial charge in [0, 0.05) is 24.6 Å². The maximum atomic E-state index is 12.8. The lowest BCUT2D eigenvalue weighted by Gasteiger charge is -2.18. The number of carboxylic acid groups (broad SMARTS) is 1. The highest BCUT2D eigenvalue weighted by Crippen LogP contribution is 2.16. The second kappa shape index (κ2) is 5.09. The van der Waals surface area contributed by atoms with Gasteiger partial charge in [-0.25, -0.2) is 8.78 Å². The van der Waals surface area contributed by atoms with Gasteiger partial charge in [0.25, 0.3) is 0 Å². The minimum absolute atomic E-state index is 0.00342. The van der Waals surface area contributed by atoms with E-state index in [1.807, 2.05) is 0 Å². The normalized spacial score (nSPS) is 14.1. The monoisotopic (exact) mass is 245 g/mol. The van der Waals surface area contributed by atoms with Gasteiger partial charge in [-0.05, 0) is 6.92 Å². The van der Waals surface area contributed by atoms with E-state index in [1.54, 1.807) is 0 Å². The van der Waals surface area contributed by atoms with Crippen LogP contribution in [0.15, 0.2) is 18.2 Å². The Morgan fingerprint density at radius 3 is 2.41 bits per heavy atom. The number of ether oxygens (including phenoxy) is 1. The van der Waals surface area contributed by atoms with Crippen LogP contribution >= 0.6 is 0 Å². The molecule has 0 aliphatic carbocycles. The Bertz CT molecular complexity index is 401. The van der Waals surface area contributed by atoms with E-state index >= 15 is 0 Å². The van der Waals surface area contributed by atoms with Gasteiger partial charge in [0.2, 0.25) is 0 Å². The van der Waals surface area contributed by atoms with Gasteiger partial charge in [-0.2, -0.15) is 0 Å². The topological polar surface area (TPSA) is 72.5 Å². The summed E-state index contributed by atoms with van der Waals surface area (Å²) in [6.45, 7) is 1.30. The van der Waals surface area contributed by atoms with E-state index in [9.17, 15) is 13.6 Å². The Kier molecular flexibility index (Phi) is 4.01. The van der Waals surface area contributed by atoms with Crippen LogP contribution in [-0.4, -0.2) is 23.2 Å². The number of nitrogens with two attached hydrogens (primary N) is 1. The van der Waals surface area contributed by atoms with Crippen molar-refractivity contribution < 1.29 is 23.4 Å². The van der Waals surface area contributed by atoms with Crippen molar-refractivity contribution >= 4 is 5.97 Å². The van der Waals surface area contributed by atoms with Crippen LogP contribution in [0.1, 0.15) is 13.3 Å².